The summed E-state index contributed by atoms with van der Waals surface area (Å²) in [5.74, 6) is 0.218. The number of carbonyl (C=O) groups is 2. The Morgan fingerprint density at radius 3 is 2.59 bits per heavy atom. The number of aryl methyl sites for hydroxylation is 1. The maximum Gasteiger partial charge on any atom is 0.352 e. The van der Waals surface area contributed by atoms with Crippen LogP contribution in [0.1, 0.15) is 47.1 Å². The van der Waals surface area contributed by atoms with Crippen molar-refractivity contribution in [3.63, 3.8) is 0 Å². The molecule has 3 heterocycles. The van der Waals surface area contributed by atoms with E-state index in [2.05, 4.69) is 4.98 Å². The number of rotatable bonds is 12. The zero-order chi connectivity index (χ0) is 32.2. The van der Waals surface area contributed by atoms with Gasteiger partial charge in [-0.15, -0.1) is 11.3 Å². The van der Waals surface area contributed by atoms with E-state index >= 15 is 4.39 Å². The molecule has 2 aromatic carbocycles. The molecule has 3 aromatic heterocycles. The van der Waals surface area contributed by atoms with Gasteiger partial charge in [-0.1, -0.05) is 36.8 Å². The zero-order valence-electron chi connectivity index (χ0n) is 26.1. The molecule has 1 aliphatic carbocycles. The first kappa shape index (κ1) is 31.3. The molecule has 5 aromatic rings. The van der Waals surface area contributed by atoms with E-state index in [1.54, 1.807) is 30.3 Å². The summed E-state index contributed by atoms with van der Waals surface area (Å²) in [7, 11) is 1.57. The second-order valence-corrected chi connectivity index (χ2v) is 12.3. The zero-order valence-corrected chi connectivity index (χ0v) is 26.9. The number of pyridine rings is 1. The van der Waals surface area contributed by atoms with Gasteiger partial charge in [-0.25, -0.2) is 9.18 Å². The van der Waals surface area contributed by atoms with Crippen LogP contribution in [-0.4, -0.2) is 41.7 Å². The van der Waals surface area contributed by atoms with Gasteiger partial charge in [0.2, 0.25) is 5.91 Å². The topological polar surface area (TPSA) is 82.9 Å². The van der Waals surface area contributed by atoms with E-state index in [0.717, 1.165) is 35.4 Å². The normalized spacial score (nSPS) is 13.0. The quantitative estimate of drug-likeness (QED) is 0.129. The molecule has 46 heavy (non-hydrogen) atoms. The number of ether oxygens (including phenoxy) is 3. The first-order valence-electron chi connectivity index (χ1n) is 15.5. The number of aromatic nitrogens is 2. The lowest BCUT2D eigenvalue weighted by molar-refractivity contribution is -0.124. The van der Waals surface area contributed by atoms with Crippen molar-refractivity contribution in [3.05, 3.63) is 94.9 Å². The number of amides is 1. The van der Waals surface area contributed by atoms with Crippen LogP contribution >= 0.6 is 11.3 Å². The third-order valence-corrected chi connectivity index (χ3v) is 9.49. The number of nitrogens with zero attached hydrogens (tertiary/aromatic N) is 3. The van der Waals surface area contributed by atoms with Gasteiger partial charge in [-0.3, -0.25) is 9.78 Å². The molecule has 0 radical (unpaired) electrons. The van der Waals surface area contributed by atoms with Crippen molar-refractivity contribution in [3.8, 4) is 22.1 Å². The summed E-state index contributed by atoms with van der Waals surface area (Å²) in [6.07, 6.45) is 4.39. The number of hydrogen-bond acceptors (Lipinski definition) is 7. The van der Waals surface area contributed by atoms with Gasteiger partial charge in [0.05, 0.1) is 29.8 Å². The third kappa shape index (κ3) is 6.35. The summed E-state index contributed by atoms with van der Waals surface area (Å²) in [6, 6.07) is 19.9. The summed E-state index contributed by atoms with van der Waals surface area (Å²) in [4.78, 5) is 34.4. The van der Waals surface area contributed by atoms with Crippen molar-refractivity contribution in [2.45, 2.75) is 46.3 Å². The van der Waals surface area contributed by atoms with Crippen LogP contribution in [0.25, 0.3) is 21.5 Å². The van der Waals surface area contributed by atoms with Gasteiger partial charge in [-0.05, 0) is 62.6 Å². The first-order valence-corrected chi connectivity index (χ1v) is 16.3. The Kier molecular flexibility index (Phi) is 9.35. The SMILES string of the molecule is CCOc1cc(-c2cc(N(CCn3c(C)cc4c(OC)ccc(F)c43)C(=O)C3CCC3)ccn2)sc1C(=O)OCc1ccccc1. The molecule has 238 valence electrons. The molecule has 0 atom stereocenters. The minimum absolute atomic E-state index is 0.0435. The van der Waals surface area contributed by atoms with Gasteiger partial charge in [0, 0.05) is 48.0 Å². The van der Waals surface area contributed by atoms with E-state index in [-0.39, 0.29) is 24.2 Å². The molecule has 8 nitrogen and oxygen atoms in total. The average Bonchev–Trinajstić information content (AvgIpc) is 3.62. The lowest BCUT2D eigenvalue weighted by Gasteiger charge is -2.32. The molecule has 0 unspecified atom stereocenters. The highest BCUT2D eigenvalue weighted by molar-refractivity contribution is 7.17. The molecule has 6 rings (SSSR count). The van der Waals surface area contributed by atoms with Crippen LogP contribution in [0.4, 0.5) is 10.1 Å². The van der Waals surface area contributed by atoms with Crippen LogP contribution in [0.3, 0.4) is 0 Å². The average molecular weight is 642 g/mol. The highest BCUT2D eigenvalue weighted by Crippen LogP contribution is 2.38. The van der Waals surface area contributed by atoms with Crippen LogP contribution in [0.15, 0.2) is 72.9 Å². The van der Waals surface area contributed by atoms with Gasteiger partial charge in [0.15, 0.2) is 4.88 Å². The van der Waals surface area contributed by atoms with E-state index in [1.807, 2.05) is 66.9 Å². The van der Waals surface area contributed by atoms with Crippen molar-refractivity contribution in [2.24, 2.45) is 5.92 Å². The van der Waals surface area contributed by atoms with E-state index in [0.29, 0.717) is 58.4 Å². The molecule has 1 aliphatic rings. The van der Waals surface area contributed by atoms with Crippen molar-refractivity contribution in [1.29, 1.82) is 0 Å². The summed E-state index contributed by atoms with van der Waals surface area (Å²) in [6.45, 7) is 5.04. The van der Waals surface area contributed by atoms with E-state index in [4.69, 9.17) is 14.2 Å². The molecule has 10 heteroatoms. The Bertz CT molecular complexity index is 1860. The number of fused-ring (bicyclic) bond motifs is 1. The summed E-state index contributed by atoms with van der Waals surface area (Å²) in [5.41, 5.74) is 3.51. The monoisotopic (exact) mass is 641 g/mol. The molecule has 0 aliphatic heterocycles. The number of hydrogen-bond donors (Lipinski definition) is 0. The fourth-order valence-electron chi connectivity index (χ4n) is 5.76. The molecule has 0 N–H and O–H groups in total. The molecular weight excluding hydrogens is 605 g/mol. The van der Waals surface area contributed by atoms with E-state index in [1.165, 1.54) is 17.4 Å². The van der Waals surface area contributed by atoms with Crippen LogP contribution < -0.4 is 14.4 Å². The number of esters is 1. The number of methoxy groups -OCH3 is 1. The van der Waals surface area contributed by atoms with Gasteiger partial charge >= 0.3 is 5.97 Å². The van der Waals surface area contributed by atoms with E-state index in [9.17, 15) is 9.59 Å². The van der Waals surface area contributed by atoms with Gasteiger partial charge in [0.1, 0.15) is 23.9 Å². The van der Waals surface area contributed by atoms with Crippen LogP contribution in [-0.2, 0) is 22.7 Å². The number of benzene rings is 2. The Morgan fingerprint density at radius 2 is 1.87 bits per heavy atom. The number of thiophene rings is 1. The van der Waals surface area contributed by atoms with Gasteiger partial charge in [0.25, 0.3) is 0 Å². The van der Waals surface area contributed by atoms with Crippen molar-refractivity contribution in [1.82, 2.24) is 9.55 Å². The van der Waals surface area contributed by atoms with Crippen molar-refractivity contribution < 1.29 is 28.2 Å². The van der Waals surface area contributed by atoms with Crippen LogP contribution in [0.2, 0.25) is 0 Å². The summed E-state index contributed by atoms with van der Waals surface area (Å²) >= 11 is 1.24. The number of halogens is 1. The molecule has 0 saturated heterocycles. The van der Waals surface area contributed by atoms with Crippen molar-refractivity contribution >= 4 is 39.8 Å². The molecule has 0 spiro atoms. The maximum atomic E-state index is 15.1. The summed E-state index contributed by atoms with van der Waals surface area (Å²) < 4.78 is 33.9. The standard InChI is InChI=1S/C36H36FN3O5S/c1-4-44-31-21-32(46-34(31)36(42)45-22-24-9-6-5-7-10-24)29-20-26(15-16-38-29)40(35(41)25-11-8-12-25)18-17-39-23(2)19-27-30(43-3)14-13-28(37)33(27)39/h5-7,9-10,13-16,19-21,25H,4,8,11-12,17-18,22H2,1-3H3. The smallest absolute Gasteiger partial charge is 0.352 e. The fraction of sp³-hybridized carbons (Fsp3) is 0.306. The molecule has 1 amide bonds. The fourth-order valence-corrected chi connectivity index (χ4v) is 6.73. The second-order valence-electron chi connectivity index (χ2n) is 11.3. The second kappa shape index (κ2) is 13.7. The number of anilines is 1. The lowest BCUT2D eigenvalue weighted by Crippen LogP contribution is -2.41. The first-order chi connectivity index (χ1) is 22.4. The Labute approximate surface area is 271 Å². The minimum Gasteiger partial charge on any atom is -0.496 e. The summed E-state index contributed by atoms with van der Waals surface area (Å²) in [5, 5.41) is 0.698. The Hall–Kier alpha value is -4.70. The Balaban J connectivity index is 1.29. The Morgan fingerprint density at radius 1 is 1.07 bits per heavy atom. The highest BCUT2D eigenvalue weighted by Gasteiger charge is 2.31. The van der Waals surface area contributed by atoms with E-state index < -0.39 is 5.97 Å². The van der Waals surface area contributed by atoms with Crippen molar-refractivity contribution in [2.75, 3.05) is 25.2 Å². The highest BCUT2D eigenvalue weighted by atomic mass is 32.1. The van der Waals surface area contributed by atoms with Gasteiger partial charge in [-0.2, -0.15) is 0 Å². The molecular formula is C36H36FN3O5S. The number of carbonyl (C=O) groups excluding carboxylic acids is 2. The van der Waals surface area contributed by atoms with Gasteiger partial charge < -0.3 is 23.7 Å². The van der Waals surface area contributed by atoms with Crippen LogP contribution in [0.5, 0.6) is 11.5 Å². The third-order valence-electron chi connectivity index (χ3n) is 8.37. The van der Waals surface area contributed by atoms with Crippen LogP contribution in [0, 0.1) is 18.7 Å². The predicted molar refractivity (Wildman–Crippen MR) is 177 cm³/mol. The predicted octanol–water partition coefficient (Wildman–Crippen LogP) is 7.81. The molecule has 1 saturated carbocycles. The maximum absolute atomic E-state index is 15.1. The molecule has 1 fully saturated rings. The lowest BCUT2D eigenvalue weighted by atomic mass is 9.84. The largest absolute Gasteiger partial charge is 0.496 e. The minimum atomic E-state index is -0.473. The molecule has 0 bridgehead atoms.